The fourth-order valence-corrected chi connectivity index (χ4v) is 2.52. The van der Waals surface area contributed by atoms with Crippen molar-refractivity contribution in [1.82, 2.24) is 5.32 Å². The molecule has 2 unspecified atom stereocenters. The van der Waals surface area contributed by atoms with Crippen molar-refractivity contribution in [3.8, 4) is 0 Å². The quantitative estimate of drug-likeness (QED) is 0.664. The second-order valence-corrected chi connectivity index (χ2v) is 4.20. The van der Waals surface area contributed by atoms with Crippen LogP contribution in [0.5, 0.6) is 0 Å². The van der Waals surface area contributed by atoms with E-state index >= 15 is 0 Å². The van der Waals surface area contributed by atoms with E-state index in [-0.39, 0.29) is 18.2 Å². The van der Waals surface area contributed by atoms with Crippen molar-refractivity contribution in [2.24, 2.45) is 0 Å². The van der Waals surface area contributed by atoms with Gasteiger partial charge in [0.05, 0.1) is 18.2 Å². The topological polar surface area (TPSA) is 41.5 Å². The summed E-state index contributed by atoms with van der Waals surface area (Å²) in [5.41, 5.74) is -0.111. The summed E-state index contributed by atoms with van der Waals surface area (Å²) >= 11 is 0. The van der Waals surface area contributed by atoms with Gasteiger partial charge in [0.15, 0.2) is 0 Å². The van der Waals surface area contributed by atoms with Crippen LogP contribution in [0, 0.1) is 0 Å². The molecule has 2 heterocycles. The summed E-state index contributed by atoms with van der Waals surface area (Å²) in [6, 6.07) is 0. The molecule has 2 saturated heterocycles. The molecular weight excluding hydrogens is 166 g/mol. The average molecular weight is 185 g/mol. The molecule has 0 aromatic rings. The number of rotatable bonds is 2. The van der Waals surface area contributed by atoms with E-state index < -0.39 is 0 Å². The summed E-state index contributed by atoms with van der Waals surface area (Å²) in [6.45, 7) is 2.12. The minimum absolute atomic E-state index is 0.111. The first kappa shape index (κ1) is 9.44. The first-order chi connectivity index (χ1) is 6.37. The van der Waals surface area contributed by atoms with Gasteiger partial charge in [0.1, 0.15) is 0 Å². The Morgan fingerprint density at radius 2 is 2.31 bits per heavy atom. The molecule has 76 valence electrons. The van der Waals surface area contributed by atoms with Gasteiger partial charge in [-0.2, -0.15) is 0 Å². The van der Waals surface area contributed by atoms with E-state index in [1.54, 1.807) is 0 Å². The zero-order valence-electron chi connectivity index (χ0n) is 8.09. The molecule has 0 spiro atoms. The van der Waals surface area contributed by atoms with Crippen LogP contribution in [0.2, 0.25) is 0 Å². The first-order valence-electron chi connectivity index (χ1n) is 5.35. The zero-order chi connectivity index (χ0) is 9.15. The lowest BCUT2D eigenvalue weighted by Crippen LogP contribution is -2.55. The van der Waals surface area contributed by atoms with E-state index in [2.05, 4.69) is 5.32 Å². The van der Waals surface area contributed by atoms with Crippen LogP contribution in [-0.4, -0.2) is 36.5 Å². The van der Waals surface area contributed by atoms with Crippen molar-refractivity contribution in [2.45, 2.75) is 43.7 Å². The van der Waals surface area contributed by atoms with Crippen molar-refractivity contribution in [1.29, 1.82) is 0 Å². The molecular formula is C10H19NO2. The van der Waals surface area contributed by atoms with E-state index in [0.717, 1.165) is 26.0 Å². The van der Waals surface area contributed by atoms with Gasteiger partial charge in [-0.05, 0) is 38.6 Å². The van der Waals surface area contributed by atoms with Crippen molar-refractivity contribution < 1.29 is 9.84 Å². The fourth-order valence-electron chi connectivity index (χ4n) is 2.52. The lowest BCUT2D eigenvalue weighted by molar-refractivity contribution is -0.0563. The molecule has 0 aliphatic carbocycles. The Labute approximate surface area is 79.5 Å². The van der Waals surface area contributed by atoms with Crippen LogP contribution in [0.4, 0.5) is 0 Å². The largest absolute Gasteiger partial charge is 0.394 e. The molecule has 3 heteroatoms. The molecule has 2 fully saturated rings. The van der Waals surface area contributed by atoms with E-state index in [4.69, 9.17) is 4.74 Å². The van der Waals surface area contributed by atoms with Crippen molar-refractivity contribution in [3.63, 3.8) is 0 Å². The molecule has 13 heavy (non-hydrogen) atoms. The van der Waals surface area contributed by atoms with Gasteiger partial charge in [0, 0.05) is 6.61 Å². The summed E-state index contributed by atoms with van der Waals surface area (Å²) < 4.78 is 5.73. The van der Waals surface area contributed by atoms with Gasteiger partial charge in [-0.1, -0.05) is 0 Å². The molecule has 3 nitrogen and oxygen atoms in total. The van der Waals surface area contributed by atoms with Crippen LogP contribution in [0.15, 0.2) is 0 Å². The Hall–Kier alpha value is -0.120. The van der Waals surface area contributed by atoms with Gasteiger partial charge in [-0.25, -0.2) is 0 Å². The smallest absolute Gasteiger partial charge is 0.0779 e. The van der Waals surface area contributed by atoms with Crippen LogP contribution < -0.4 is 5.32 Å². The summed E-state index contributed by atoms with van der Waals surface area (Å²) in [6.07, 6.45) is 6.00. The highest BCUT2D eigenvalue weighted by Gasteiger charge is 2.41. The Morgan fingerprint density at radius 3 is 2.85 bits per heavy atom. The van der Waals surface area contributed by atoms with Gasteiger partial charge >= 0.3 is 0 Å². The highest BCUT2D eigenvalue weighted by Crippen LogP contribution is 2.30. The van der Waals surface area contributed by atoms with Crippen molar-refractivity contribution in [3.05, 3.63) is 0 Å². The summed E-state index contributed by atoms with van der Waals surface area (Å²) in [5.74, 6) is 0. The maximum absolute atomic E-state index is 9.43. The first-order valence-corrected chi connectivity index (χ1v) is 5.35. The second-order valence-electron chi connectivity index (χ2n) is 4.20. The Morgan fingerprint density at radius 1 is 1.38 bits per heavy atom. The summed E-state index contributed by atoms with van der Waals surface area (Å²) in [5, 5.41) is 12.8. The number of nitrogens with one attached hydrogen (secondary N) is 1. The maximum Gasteiger partial charge on any atom is 0.0779 e. The zero-order valence-corrected chi connectivity index (χ0v) is 8.09. The molecule has 2 N–H and O–H groups in total. The van der Waals surface area contributed by atoms with Gasteiger partial charge in [0.25, 0.3) is 0 Å². The molecule has 0 saturated carbocycles. The molecule has 0 radical (unpaired) electrons. The van der Waals surface area contributed by atoms with Gasteiger partial charge < -0.3 is 15.2 Å². The second kappa shape index (κ2) is 3.95. The number of aliphatic hydroxyl groups is 1. The molecule has 0 bridgehead atoms. The Bertz CT molecular complexity index is 160. The highest BCUT2D eigenvalue weighted by molar-refractivity contribution is 4.99. The minimum Gasteiger partial charge on any atom is -0.394 e. The lowest BCUT2D eigenvalue weighted by Gasteiger charge is -2.38. The predicted octanol–water partition coefficient (Wildman–Crippen LogP) is 0.670. The van der Waals surface area contributed by atoms with E-state index in [0.29, 0.717) is 0 Å². The normalized spacial score (nSPS) is 40.8. The van der Waals surface area contributed by atoms with Crippen LogP contribution >= 0.6 is 0 Å². The molecule has 2 rings (SSSR count). The standard InChI is InChI=1S/C10H19NO2/c12-8-10(5-3-6-11-10)9-4-1-2-7-13-9/h9,11-12H,1-8H2. The minimum atomic E-state index is -0.111. The Kier molecular flexibility index (Phi) is 2.86. The third-order valence-corrected chi connectivity index (χ3v) is 3.35. The third kappa shape index (κ3) is 1.73. The van der Waals surface area contributed by atoms with Crippen molar-refractivity contribution >= 4 is 0 Å². The molecule has 0 aromatic carbocycles. The highest BCUT2D eigenvalue weighted by atomic mass is 16.5. The van der Waals surface area contributed by atoms with Gasteiger partial charge in [-0.3, -0.25) is 0 Å². The molecule has 0 aromatic heterocycles. The molecule has 2 atom stereocenters. The predicted molar refractivity (Wildman–Crippen MR) is 50.6 cm³/mol. The Balaban J connectivity index is 2.01. The van der Waals surface area contributed by atoms with Gasteiger partial charge in [-0.15, -0.1) is 0 Å². The SMILES string of the molecule is OCC1(C2CCCCO2)CCCN1. The fraction of sp³-hybridized carbons (Fsp3) is 1.00. The van der Waals surface area contributed by atoms with Crippen LogP contribution in [0.25, 0.3) is 0 Å². The van der Waals surface area contributed by atoms with Crippen LogP contribution in [0.1, 0.15) is 32.1 Å². The molecule has 0 amide bonds. The molecule has 2 aliphatic rings. The van der Waals surface area contributed by atoms with E-state index in [1.807, 2.05) is 0 Å². The average Bonchev–Trinajstić information content (AvgIpc) is 2.69. The summed E-state index contributed by atoms with van der Waals surface area (Å²) in [4.78, 5) is 0. The van der Waals surface area contributed by atoms with Crippen LogP contribution in [-0.2, 0) is 4.74 Å². The summed E-state index contributed by atoms with van der Waals surface area (Å²) in [7, 11) is 0. The van der Waals surface area contributed by atoms with Crippen molar-refractivity contribution in [2.75, 3.05) is 19.8 Å². The number of aliphatic hydroxyl groups excluding tert-OH is 1. The number of ether oxygens (including phenoxy) is 1. The van der Waals surface area contributed by atoms with Gasteiger partial charge in [0.2, 0.25) is 0 Å². The third-order valence-electron chi connectivity index (χ3n) is 3.35. The monoisotopic (exact) mass is 185 g/mol. The van der Waals surface area contributed by atoms with E-state index in [1.165, 1.54) is 19.3 Å². The maximum atomic E-state index is 9.43. The lowest BCUT2D eigenvalue weighted by atomic mass is 9.87. The molecule has 2 aliphatic heterocycles. The number of hydrogen-bond donors (Lipinski definition) is 2. The van der Waals surface area contributed by atoms with Crippen LogP contribution in [0.3, 0.4) is 0 Å². The number of hydrogen-bond acceptors (Lipinski definition) is 3. The van der Waals surface area contributed by atoms with E-state index in [9.17, 15) is 5.11 Å².